The van der Waals surface area contributed by atoms with E-state index in [0.717, 1.165) is 11.0 Å². The summed E-state index contributed by atoms with van der Waals surface area (Å²) in [6.45, 7) is 1.55. The normalized spacial score (nSPS) is 22.2. The van der Waals surface area contributed by atoms with Crippen LogP contribution in [0.4, 0.5) is 0 Å². The molecular formula is C20H23N3O3. The maximum absolute atomic E-state index is 11.4. The molecular weight excluding hydrogens is 330 g/mol. The molecule has 4 rings (SSSR count). The first-order valence-electron chi connectivity index (χ1n) is 8.87. The van der Waals surface area contributed by atoms with Crippen molar-refractivity contribution in [1.82, 2.24) is 9.47 Å². The topological polar surface area (TPSA) is 91.7 Å². The van der Waals surface area contributed by atoms with E-state index in [0.29, 0.717) is 26.1 Å². The average molecular weight is 353 g/mol. The first-order valence-corrected chi connectivity index (χ1v) is 8.87. The number of carbonyl (C=O) groups excluding carboxylic acids is 1. The Balaban J connectivity index is 1.56. The van der Waals surface area contributed by atoms with E-state index in [-0.39, 0.29) is 6.54 Å². The second kappa shape index (κ2) is 6.39. The van der Waals surface area contributed by atoms with Crippen LogP contribution in [0.2, 0.25) is 0 Å². The summed E-state index contributed by atoms with van der Waals surface area (Å²) < 4.78 is 2.13. The Morgan fingerprint density at radius 3 is 2.19 bits per heavy atom. The van der Waals surface area contributed by atoms with Gasteiger partial charge in [-0.15, -0.1) is 0 Å². The first-order chi connectivity index (χ1) is 12.5. The Hall–Kier alpha value is -2.41. The molecule has 2 unspecified atom stereocenters. The zero-order valence-electron chi connectivity index (χ0n) is 14.5. The maximum Gasteiger partial charge on any atom is 0.250 e. The molecule has 1 saturated heterocycles. The monoisotopic (exact) mass is 353 g/mol. The van der Waals surface area contributed by atoms with Crippen LogP contribution in [0, 0.1) is 0 Å². The van der Waals surface area contributed by atoms with Crippen molar-refractivity contribution in [2.45, 2.75) is 24.7 Å². The molecule has 136 valence electrons. The molecule has 6 heteroatoms. The van der Waals surface area contributed by atoms with Gasteiger partial charge in [-0.2, -0.15) is 0 Å². The van der Waals surface area contributed by atoms with Crippen LogP contribution in [0.1, 0.15) is 6.42 Å². The standard InChI is InChI=1S/C20H23N3O3/c21-19(25)20(26)9-10-22(13-20)11-14(24)12-23-17-7-3-1-5-15(17)16-6-2-4-8-18(16)23/h1-8,14,24,26H,9-13H2,(H2,21,25). The Bertz CT molecular complexity index is 914. The summed E-state index contributed by atoms with van der Waals surface area (Å²) >= 11 is 0. The summed E-state index contributed by atoms with van der Waals surface area (Å²) in [5.74, 6) is -0.697. The number of rotatable bonds is 5. The molecule has 1 aliphatic rings. The maximum atomic E-state index is 11.4. The molecule has 1 fully saturated rings. The minimum atomic E-state index is -1.48. The molecule has 6 nitrogen and oxygen atoms in total. The quantitative estimate of drug-likeness (QED) is 0.640. The molecule has 4 N–H and O–H groups in total. The number of aromatic nitrogens is 1. The fraction of sp³-hybridized carbons (Fsp3) is 0.350. The van der Waals surface area contributed by atoms with Gasteiger partial charge in [0, 0.05) is 41.4 Å². The Morgan fingerprint density at radius 1 is 1.08 bits per heavy atom. The summed E-state index contributed by atoms with van der Waals surface area (Å²) in [5.41, 5.74) is 5.97. The van der Waals surface area contributed by atoms with E-state index in [1.165, 1.54) is 10.8 Å². The van der Waals surface area contributed by atoms with Crippen molar-refractivity contribution in [2.75, 3.05) is 19.6 Å². The number of primary amides is 1. The van der Waals surface area contributed by atoms with Gasteiger partial charge in [-0.1, -0.05) is 36.4 Å². The van der Waals surface area contributed by atoms with Crippen LogP contribution in [-0.4, -0.2) is 56.9 Å². The smallest absolute Gasteiger partial charge is 0.250 e. The number of fused-ring (bicyclic) bond motifs is 3. The van der Waals surface area contributed by atoms with Crippen LogP contribution in [0.15, 0.2) is 48.5 Å². The molecule has 0 saturated carbocycles. The van der Waals surface area contributed by atoms with Gasteiger partial charge in [0.1, 0.15) is 0 Å². The second-order valence-electron chi connectivity index (χ2n) is 7.18. The Morgan fingerprint density at radius 2 is 1.65 bits per heavy atom. The van der Waals surface area contributed by atoms with Crippen molar-refractivity contribution >= 4 is 27.7 Å². The number of nitrogens with zero attached hydrogens (tertiary/aromatic N) is 2. The minimum Gasteiger partial charge on any atom is -0.390 e. The molecule has 2 aromatic carbocycles. The van der Waals surface area contributed by atoms with Crippen molar-refractivity contribution in [3.05, 3.63) is 48.5 Å². The van der Waals surface area contributed by atoms with Crippen LogP contribution in [0.5, 0.6) is 0 Å². The Kier molecular flexibility index (Phi) is 4.19. The third kappa shape index (κ3) is 2.86. The van der Waals surface area contributed by atoms with E-state index < -0.39 is 17.6 Å². The molecule has 1 aliphatic heterocycles. The summed E-state index contributed by atoms with van der Waals surface area (Å²) in [5, 5.41) is 23.2. The predicted octanol–water partition coefficient (Wildman–Crippen LogP) is 1.08. The van der Waals surface area contributed by atoms with Gasteiger partial charge in [0.05, 0.1) is 12.6 Å². The van der Waals surface area contributed by atoms with Crippen LogP contribution < -0.4 is 5.73 Å². The number of likely N-dealkylation sites (tertiary alicyclic amines) is 1. The van der Waals surface area contributed by atoms with Crippen molar-refractivity contribution < 1.29 is 15.0 Å². The van der Waals surface area contributed by atoms with E-state index in [9.17, 15) is 15.0 Å². The number of benzene rings is 2. The molecule has 26 heavy (non-hydrogen) atoms. The molecule has 3 aromatic rings. The third-order valence-corrected chi connectivity index (χ3v) is 5.33. The lowest BCUT2D eigenvalue weighted by molar-refractivity contribution is -0.135. The molecule has 1 amide bonds. The van der Waals surface area contributed by atoms with Gasteiger partial charge in [0.15, 0.2) is 5.60 Å². The molecule has 2 heterocycles. The van der Waals surface area contributed by atoms with Gasteiger partial charge >= 0.3 is 0 Å². The SMILES string of the molecule is NC(=O)C1(O)CCN(CC(O)Cn2c3ccccc3c3ccccc32)C1. The van der Waals surface area contributed by atoms with E-state index in [2.05, 4.69) is 28.8 Å². The average Bonchev–Trinajstić information content (AvgIpc) is 3.15. The van der Waals surface area contributed by atoms with Crippen LogP contribution in [-0.2, 0) is 11.3 Å². The highest BCUT2D eigenvalue weighted by Gasteiger charge is 2.41. The van der Waals surface area contributed by atoms with Crippen molar-refractivity contribution in [2.24, 2.45) is 5.73 Å². The molecule has 0 aliphatic carbocycles. The fourth-order valence-corrected chi connectivity index (χ4v) is 3.99. The number of aliphatic hydroxyl groups is 2. The number of hydrogen-bond donors (Lipinski definition) is 3. The van der Waals surface area contributed by atoms with E-state index in [1.807, 2.05) is 29.2 Å². The number of para-hydroxylation sites is 2. The number of β-amino-alcohol motifs (C(OH)–C–C–N with tert-alkyl or cyclic N) is 2. The van der Waals surface area contributed by atoms with Crippen molar-refractivity contribution in [1.29, 1.82) is 0 Å². The highest BCUT2D eigenvalue weighted by Crippen LogP contribution is 2.29. The lowest BCUT2D eigenvalue weighted by Gasteiger charge is -2.23. The van der Waals surface area contributed by atoms with Crippen LogP contribution in [0.3, 0.4) is 0 Å². The minimum absolute atomic E-state index is 0.173. The second-order valence-corrected chi connectivity index (χ2v) is 7.18. The highest BCUT2D eigenvalue weighted by molar-refractivity contribution is 6.07. The summed E-state index contributed by atoms with van der Waals surface area (Å²) in [6, 6.07) is 16.3. The van der Waals surface area contributed by atoms with E-state index in [4.69, 9.17) is 5.73 Å². The number of amides is 1. The predicted molar refractivity (Wildman–Crippen MR) is 101 cm³/mol. The molecule has 0 bridgehead atoms. The van der Waals surface area contributed by atoms with Crippen molar-refractivity contribution in [3.63, 3.8) is 0 Å². The highest BCUT2D eigenvalue weighted by atomic mass is 16.3. The van der Waals surface area contributed by atoms with E-state index >= 15 is 0 Å². The third-order valence-electron chi connectivity index (χ3n) is 5.33. The zero-order chi connectivity index (χ0) is 18.3. The molecule has 1 aromatic heterocycles. The summed E-state index contributed by atoms with van der Waals surface area (Å²) in [6.07, 6.45) is -0.311. The number of carbonyl (C=O) groups is 1. The number of aliphatic hydroxyl groups excluding tert-OH is 1. The van der Waals surface area contributed by atoms with Gasteiger partial charge in [-0.25, -0.2) is 0 Å². The van der Waals surface area contributed by atoms with Crippen LogP contribution >= 0.6 is 0 Å². The van der Waals surface area contributed by atoms with E-state index in [1.54, 1.807) is 0 Å². The van der Waals surface area contributed by atoms with Gasteiger partial charge < -0.3 is 20.5 Å². The number of hydrogen-bond acceptors (Lipinski definition) is 4. The fourth-order valence-electron chi connectivity index (χ4n) is 3.99. The Labute approximate surface area is 151 Å². The molecule has 2 atom stereocenters. The van der Waals surface area contributed by atoms with Gasteiger partial charge in [-0.3, -0.25) is 9.69 Å². The number of nitrogens with two attached hydrogens (primary N) is 1. The van der Waals surface area contributed by atoms with Gasteiger partial charge in [0.2, 0.25) is 0 Å². The lowest BCUT2D eigenvalue weighted by Crippen LogP contribution is -2.46. The van der Waals surface area contributed by atoms with Gasteiger partial charge in [0.25, 0.3) is 5.91 Å². The summed E-state index contributed by atoms with van der Waals surface area (Å²) in [4.78, 5) is 13.3. The summed E-state index contributed by atoms with van der Waals surface area (Å²) in [7, 11) is 0. The molecule has 0 radical (unpaired) electrons. The first kappa shape index (κ1) is 17.0. The lowest BCUT2D eigenvalue weighted by atomic mass is 10.0. The largest absolute Gasteiger partial charge is 0.390 e. The van der Waals surface area contributed by atoms with Crippen LogP contribution in [0.25, 0.3) is 21.8 Å². The van der Waals surface area contributed by atoms with Gasteiger partial charge in [-0.05, 0) is 18.6 Å². The van der Waals surface area contributed by atoms with Crippen molar-refractivity contribution in [3.8, 4) is 0 Å². The zero-order valence-corrected chi connectivity index (χ0v) is 14.5. The molecule has 0 spiro atoms.